The minimum Gasteiger partial charge on any atom is -0.468 e. The number of ether oxygens (including phenoxy) is 1. The van der Waals surface area contributed by atoms with Gasteiger partial charge in [-0.3, -0.25) is 9.59 Å². The Hall–Kier alpha value is -2.10. The van der Waals surface area contributed by atoms with Crippen LogP contribution >= 0.6 is 0 Å². The van der Waals surface area contributed by atoms with Crippen molar-refractivity contribution in [2.45, 2.75) is 67.2 Å². The summed E-state index contributed by atoms with van der Waals surface area (Å²) in [5.41, 5.74) is 2.92. The van der Waals surface area contributed by atoms with Gasteiger partial charge in [0, 0.05) is 29.2 Å². The Labute approximate surface area is 174 Å². The van der Waals surface area contributed by atoms with E-state index in [9.17, 15) is 9.59 Å². The Bertz CT molecular complexity index is 979. The van der Waals surface area contributed by atoms with Crippen LogP contribution in [0.1, 0.15) is 64.9 Å². The van der Waals surface area contributed by atoms with Crippen LogP contribution in [0.3, 0.4) is 0 Å². The molecule has 1 fully saturated rings. The Kier molecular flexibility index (Phi) is 5.21. The zero-order valence-electron chi connectivity index (χ0n) is 19.2. The largest absolute Gasteiger partial charge is 0.468 e. The molecule has 158 valence electrons. The summed E-state index contributed by atoms with van der Waals surface area (Å²) in [6.45, 7) is 16.2. The highest BCUT2D eigenvalue weighted by atomic mass is 16.6. The minimum atomic E-state index is -0.471. The van der Waals surface area contributed by atoms with Gasteiger partial charge in [-0.2, -0.15) is 0 Å². The van der Waals surface area contributed by atoms with Crippen molar-refractivity contribution < 1.29 is 13.9 Å². The van der Waals surface area contributed by atoms with Gasteiger partial charge in [-0.25, -0.2) is 0 Å². The number of hydrogen-bond donors (Lipinski definition) is 0. The Morgan fingerprint density at radius 1 is 1.21 bits per heavy atom. The Morgan fingerprint density at radius 3 is 2.38 bits per heavy atom. The summed E-state index contributed by atoms with van der Waals surface area (Å²) in [6, 6.07) is 0. The first-order valence-corrected chi connectivity index (χ1v) is 10.5. The van der Waals surface area contributed by atoms with Crippen LogP contribution in [0.15, 0.2) is 32.5 Å². The van der Waals surface area contributed by atoms with Gasteiger partial charge < -0.3 is 9.15 Å². The fourth-order valence-electron chi connectivity index (χ4n) is 6.94. The molecule has 0 radical (unpaired) electrons. The van der Waals surface area contributed by atoms with E-state index in [0.29, 0.717) is 23.3 Å². The summed E-state index contributed by atoms with van der Waals surface area (Å²) in [4.78, 5) is 25.8. The molecule has 2 aliphatic carbocycles. The van der Waals surface area contributed by atoms with Crippen molar-refractivity contribution in [3.63, 3.8) is 0 Å². The molecule has 0 N–H and O–H groups in total. The van der Waals surface area contributed by atoms with Gasteiger partial charge in [0.1, 0.15) is 11.5 Å². The summed E-state index contributed by atoms with van der Waals surface area (Å²) in [5, 5.41) is 0. The first-order chi connectivity index (χ1) is 13.4. The highest BCUT2D eigenvalue weighted by molar-refractivity contribution is 5.81. The molecule has 1 aromatic heterocycles. The summed E-state index contributed by atoms with van der Waals surface area (Å²) in [5.74, 6) is 1.22. The standard InChI is InChI=1S/C25H34O4/c1-10-18(26)15(4)21-24(7)12-13(2)11-14(3)20(24)25(21,8)22-16(5)19(27)17(6)23(28-9)29-22/h11-12,15,20-21H,10H2,1-9H3/t15-,20-,21+,24+,25+/m0/s1. The minimum absolute atomic E-state index is 0.0281. The van der Waals surface area contributed by atoms with Crippen LogP contribution in [0.5, 0.6) is 5.95 Å². The number of carbonyl (C=O) groups is 1. The molecule has 0 aromatic carbocycles. The third-order valence-corrected chi connectivity index (χ3v) is 7.54. The van der Waals surface area contributed by atoms with E-state index in [0.717, 1.165) is 0 Å². The number of fused-ring (bicyclic) bond motifs is 1. The second kappa shape index (κ2) is 7.00. The monoisotopic (exact) mass is 398 g/mol. The maximum atomic E-state index is 13.0. The van der Waals surface area contributed by atoms with Crippen LogP contribution in [0.2, 0.25) is 0 Å². The molecular formula is C25H34O4. The Morgan fingerprint density at radius 2 is 1.83 bits per heavy atom. The number of Topliss-reactive ketones (excluding diaryl/α,β-unsaturated/α-hetero) is 1. The predicted octanol–water partition coefficient (Wildman–Crippen LogP) is 5.30. The molecule has 0 unspecified atom stereocenters. The Balaban J connectivity index is 2.31. The van der Waals surface area contributed by atoms with Crippen LogP contribution in [-0.4, -0.2) is 12.9 Å². The second-order valence-electron chi connectivity index (χ2n) is 9.45. The lowest BCUT2D eigenvalue weighted by Crippen LogP contribution is -2.68. The molecule has 2 aliphatic rings. The van der Waals surface area contributed by atoms with Crippen molar-refractivity contribution in [1.82, 2.24) is 0 Å². The van der Waals surface area contributed by atoms with Gasteiger partial charge in [0.15, 0.2) is 5.43 Å². The van der Waals surface area contributed by atoms with Crippen LogP contribution in [0, 0.1) is 37.0 Å². The summed E-state index contributed by atoms with van der Waals surface area (Å²) in [6.07, 6.45) is 5.04. The zero-order valence-corrected chi connectivity index (χ0v) is 19.2. The molecule has 1 heterocycles. The molecule has 0 saturated heterocycles. The van der Waals surface area contributed by atoms with E-state index in [2.05, 4.69) is 39.8 Å². The number of allylic oxidation sites excluding steroid dienone is 4. The van der Waals surface area contributed by atoms with Gasteiger partial charge in [0.2, 0.25) is 0 Å². The van der Waals surface area contributed by atoms with Gasteiger partial charge in [-0.1, -0.05) is 51.0 Å². The molecule has 0 spiro atoms. The van der Waals surface area contributed by atoms with E-state index in [1.54, 1.807) is 6.92 Å². The van der Waals surface area contributed by atoms with Gasteiger partial charge in [-0.15, -0.1) is 0 Å². The average Bonchev–Trinajstić information content (AvgIpc) is 2.64. The van der Waals surface area contributed by atoms with E-state index in [1.807, 2.05) is 20.8 Å². The third-order valence-electron chi connectivity index (χ3n) is 7.54. The molecule has 0 aliphatic heterocycles. The third kappa shape index (κ3) is 2.78. The summed E-state index contributed by atoms with van der Waals surface area (Å²) >= 11 is 0. The zero-order chi connectivity index (χ0) is 21.9. The fraction of sp³-hybridized carbons (Fsp3) is 0.600. The average molecular weight is 399 g/mol. The molecular weight excluding hydrogens is 364 g/mol. The smallest absolute Gasteiger partial charge is 0.291 e. The van der Waals surface area contributed by atoms with Crippen molar-refractivity contribution in [3.8, 4) is 5.95 Å². The predicted molar refractivity (Wildman–Crippen MR) is 115 cm³/mol. The summed E-state index contributed by atoms with van der Waals surface area (Å²) in [7, 11) is 1.52. The van der Waals surface area contributed by atoms with Gasteiger partial charge in [0.05, 0.1) is 12.7 Å². The van der Waals surface area contributed by atoms with Gasteiger partial charge in [0.25, 0.3) is 5.95 Å². The lowest BCUT2D eigenvalue weighted by atomic mass is 9.34. The lowest BCUT2D eigenvalue weighted by Gasteiger charge is -2.68. The topological polar surface area (TPSA) is 56.5 Å². The quantitative estimate of drug-likeness (QED) is 0.676. The number of rotatable bonds is 5. The van der Waals surface area contributed by atoms with Gasteiger partial charge >= 0.3 is 0 Å². The fourth-order valence-corrected chi connectivity index (χ4v) is 6.94. The molecule has 29 heavy (non-hydrogen) atoms. The second-order valence-corrected chi connectivity index (χ2v) is 9.45. The molecule has 1 aromatic rings. The number of methoxy groups -OCH3 is 1. The van der Waals surface area contributed by atoms with E-state index >= 15 is 0 Å². The number of ketones is 1. The van der Waals surface area contributed by atoms with E-state index in [1.165, 1.54) is 18.3 Å². The van der Waals surface area contributed by atoms with E-state index < -0.39 is 5.41 Å². The van der Waals surface area contributed by atoms with Crippen LogP contribution in [0.4, 0.5) is 0 Å². The molecule has 4 nitrogen and oxygen atoms in total. The van der Waals surface area contributed by atoms with Crippen molar-refractivity contribution in [1.29, 1.82) is 0 Å². The first-order valence-electron chi connectivity index (χ1n) is 10.5. The molecule has 5 atom stereocenters. The van der Waals surface area contributed by atoms with Crippen molar-refractivity contribution in [2.75, 3.05) is 7.11 Å². The van der Waals surface area contributed by atoms with Crippen LogP contribution in [0.25, 0.3) is 0 Å². The maximum Gasteiger partial charge on any atom is 0.291 e. The van der Waals surface area contributed by atoms with Crippen LogP contribution in [-0.2, 0) is 10.2 Å². The SMILES string of the molecule is CCC(=O)[C@H](C)[C@@H]1[C@]2(C)C=C(C)C=C(C)[C@@H]2[C@@]1(C)c1oc(OC)c(C)c(=O)c1C. The molecule has 4 heteroatoms. The maximum absolute atomic E-state index is 13.0. The molecule has 3 rings (SSSR count). The summed E-state index contributed by atoms with van der Waals surface area (Å²) < 4.78 is 11.7. The van der Waals surface area contributed by atoms with Crippen molar-refractivity contribution in [2.24, 2.45) is 23.2 Å². The first kappa shape index (κ1) is 21.6. The normalized spacial score (nSPS) is 31.9. The van der Waals surface area contributed by atoms with Crippen molar-refractivity contribution >= 4 is 5.78 Å². The van der Waals surface area contributed by atoms with Gasteiger partial charge in [-0.05, 0) is 39.0 Å². The van der Waals surface area contributed by atoms with E-state index in [-0.39, 0.29) is 40.3 Å². The molecule has 1 saturated carbocycles. The van der Waals surface area contributed by atoms with Crippen LogP contribution < -0.4 is 10.2 Å². The molecule has 0 amide bonds. The lowest BCUT2D eigenvalue weighted by molar-refractivity contribution is -0.146. The number of carbonyl (C=O) groups excluding carboxylic acids is 1. The highest BCUT2D eigenvalue weighted by Crippen LogP contribution is 2.71. The molecule has 0 bridgehead atoms. The number of hydrogen-bond acceptors (Lipinski definition) is 4. The van der Waals surface area contributed by atoms with Crippen molar-refractivity contribution in [3.05, 3.63) is 50.4 Å². The van der Waals surface area contributed by atoms with E-state index in [4.69, 9.17) is 9.15 Å². The highest BCUT2D eigenvalue weighted by Gasteiger charge is 2.70.